The molecule has 1 N–H and O–H groups in total. The lowest BCUT2D eigenvalue weighted by molar-refractivity contribution is -0.143. The number of carbonyl (C=O) groups excluding carboxylic acids is 2. The van der Waals surface area contributed by atoms with Gasteiger partial charge in [-0.05, 0) is 54.8 Å². The first-order valence-corrected chi connectivity index (χ1v) is 11.4. The van der Waals surface area contributed by atoms with Crippen LogP contribution >= 0.6 is 0 Å². The van der Waals surface area contributed by atoms with Gasteiger partial charge in [0, 0.05) is 18.5 Å². The lowest BCUT2D eigenvalue weighted by atomic mass is 10.1. The zero-order valence-electron chi connectivity index (χ0n) is 19.7. The predicted octanol–water partition coefficient (Wildman–Crippen LogP) is 5.30. The first-order valence-electron chi connectivity index (χ1n) is 11.4. The Labute approximate surface area is 203 Å². The van der Waals surface area contributed by atoms with Crippen molar-refractivity contribution in [3.63, 3.8) is 0 Å². The van der Waals surface area contributed by atoms with Crippen LogP contribution in [0.2, 0.25) is 0 Å². The molecule has 0 aliphatic carbocycles. The number of nitrogens with one attached hydrogen (secondary N) is 1. The highest BCUT2D eigenvalue weighted by Crippen LogP contribution is 2.33. The van der Waals surface area contributed by atoms with Gasteiger partial charge in [0.1, 0.15) is 11.3 Å². The number of esters is 1. The summed E-state index contributed by atoms with van der Waals surface area (Å²) in [7, 11) is 1.55. The summed E-state index contributed by atoms with van der Waals surface area (Å²) in [6.45, 7) is 2.41. The number of hydrazine groups is 1. The van der Waals surface area contributed by atoms with Crippen LogP contribution in [-0.4, -0.2) is 42.6 Å². The molecule has 1 heterocycles. The number of oxazole rings is 1. The van der Waals surface area contributed by atoms with Gasteiger partial charge in [-0.1, -0.05) is 36.4 Å². The van der Waals surface area contributed by atoms with Gasteiger partial charge in [0.05, 0.1) is 19.4 Å². The summed E-state index contributed by atoms with van der Waals surface area (Å²) in [6.07, 6.45) is 1.36. The normalized spacial score (nSPS) is 10.7. The van der Waals surface area contributed by atoms with Crippen LogP contribution < -0.4 is 10.2 Å². The summed E-state index contributed by atoms with van der Waals surface area (Å²) < 4.78 is 16.4. The third-order valence-electron chi connectivity index (χ3n) is 5.42. The number of ether oxygens (including phenoxy) is 2. The summed E-state index contributed by atoms with van der Waals surface area (Å²) in [5.41, 5.74) is 7.93. The molecule has 0 saturated heterocycles. The number of fused-ring (bicyclic) bond motifs is 1. The number of rotatable bonds is 11. The second kappa shape index (κ2) is 11.2. The van der Waals surface area contributed by atoms with Crippen molar-refractivity contribution in [1.82, 2.24) is 9.99 Å². The summed E-state index contributed by atoms with van der Waals surface area (Å²) in [6, 6.07) is 21.4. The molecule has 0 aliphatic heterocycles. The van der Waals surface area contributed by atoms with E-state index in [-0.39, 0.29) is 12.4 Å². The predicted molar refractivity (Wildman–Crippen MR) is 134 cm³/mol. The molecule has 0 fully saturated rings. The minimum atomic E-state index is -0.288. The molecule has 0 unspecified atom stereocenters. The molecule has 1 aromatic heterocycles. The van der Waals surface area contributed by atoms with Gasteiger partial charge in [-0.25, -0.2) is 4.98 Å². The Morgan fingerprint density at radius 3 is 2.60 bits per heavy atom. The second-order valence-electron chi connectivity index (χ2n) is 7.80. The van der Waals surface area contributed by atoms with Gasteiger partial charge in [-0.15, -0.1) is 0 Å². The molecule has 180 valence electrons. The molecule has 8 heteroatoms. The fraction of sp³-hybridized carbons (Fsp3) is 0.222. The number of nitrogens with zero attached hydrogens (tertiary/aromatic N) is 2. The SMILES string of the molecule is CCOC(=O)CCCN(C=O)Nc1cc(-c2nc3cc(-c4ccccc4)ccc3o2)ccc1OC. The Morgan fingerprint density at radius 2 is 1.86 bits per heavy atom. The maximum Gasteiger partial charge on any atom is 0.305 e. The van der Waals surface area contributed by atoms with Crippen molar-refractivity contribution in [3.05, 3.63) is 66.7 Å². The molecule has 8 nitrogen and oxygen atoms in total. The van der Waals surface area contributed by atoms with Crippen LogP contribution in [0.15, 0.2) is 71.1 Å². The van der Waals surface area contributed by atoms with Crippen LogP contribution in [0.25, 0.3) is 33.7 Å². The molecule has 0 saturated carbocycles. The Kier molecular flexibility index (Phi) is 7.62. The minimum Gasteiger partial charge on any atom is -0.495 e. The average Bonchev–Trinajstić information content (AvgIpc) is 3.32. The van der Waals surface area contributed by atoms with Crippen LogP contribution in [0.1, 0.15) is 19.8 Å². The van der Waals surface area contributed by atoms with Gasteiger partial charge in [-0.3, -0.25) is 20.0 Å². The van der Waals surface area contributed by atoms with E-state index in [4.69, 9.17) is 13.9 Å². The lowest BCUT2D eigenvalue weighted by Crippen LogP contribution is -2.30. The molecular formula is C27H27N3O5. The van der Waals surface area contributed by atoms with Crippen LogP contribution in [0.4, 0.5) is 5.69 Å². The zero-order valence-corrected chi connectivity index (χ0v) is 19.7. The molecule has 0 spiro atoms. The zero-order chi connectivity index (χ0) is 24.6. The van der Waals surface area contributed by atoms with E-state index >= 15 is 0 Å². The van der Waals surface area contributed by atoms with Gasteiger partial charge >= 0.3 is 5.97 Å². The van der Waals surface area contributed by atoms with E-state index < -0.39 is 0 Å². The van der Waals surface area contributed by atoms with Gasteiger partial charge < -0.3 is 13.9 Å². The van der Waals surface area contributed by atoms with Gasteiger partial charge in [-0.2, -0.15) is 0 Å². The minimum absolute atomic E-state index is 0.227. The van der Waals surface area contributed by atoms with Crippen molar-refractivity contribution in [1.29, 1.82) is 0 Å². The highest BCUT2D eigenvalue weighted by atomic mass is 16.5. The smallest absolute Gasteiger partial charge is 0.305 e. The number of hydrogen-bond acceptors (Lipinski definition) is 7. The molecule has 0 bridgehead atoms. The fourth-order valence-corrected chi connectivity index (χ4v) is 3.71. The molecule has 4 aromatic rings. The van der Waals surface area contributed by atoms with Crippen molar-refractivity contribution in [3.8, 4) is 28.3 Å². The second-order valence-corrected chi connectivity index (χ2v) is 7.80. The summed E-state index contributed by atoms with van der Waals surface area (Å²) in [5.74, 6) is 0.716. The molecular weight excluding hydrogens is 446 g/mol. The molecule has 35 heavy (non-hydrogen) atoms. The highest BCUT2D eigenvalue weighted by Gasteiger charge is 2.14. The summed E-state index contributed by atoms with van der Waals surface area (Å²) in [5, 5.41) is 1.36. The van der Waals surface area contributed by atoms with Gasteiger partial charge in [0.25, 0.3) is 0 Å². The first-order chi connectivity index (χ1) is 17.1. The summed E-state index contributed by atoms with van der Waals surface area (Å²) >= 11 is 0. The van der Waals surface area contributed by atoms with E-state index in [1.54, 1.807) is 20.1 Å². The third-order valence-corrected chi connectivity index (χ3v) is 5.42. The van der Waals surface area contributed by atoms with Crippen LogP contribution in [0.5, 0.6) is 5.75 Å². The molecule has 0 aliphatic rings. The van der Waals surface area contributed by atoms with E-state index in [0.29, 0.717) is 48.9 Å². The number of amides is 1. The number of hydrogen-bond donors (Lipinski definition) is 1. The van der Waals surface area contributed by atoms with Crippen LogP contribution in [-0.2, 0) is 14.3 Å². The summed E-state index contributed by atoms with van der Waals surface area (Å²) in [4.78, 5) is 27.9. The highest BCUT2D eigenvalue weighted by molar-refractivity contribution is 5.83. The van der Waals surface area contributed by atoms with E-state index in [1.807, 2.05) is 48.5 Å². The van der Waals surface area contributed by atoms with Gasteiger partial charge in [0.15, 0.2) is 5.58 Å². The van der Waals surface area contributed by atoms with Crippen LogP contribution in [0, 0.1) is 0 Å². The lowest BCUT2D eigenvalue weighted by Gasteiger charge is -2.21. The van der Waals surface area contributed by atoms with Crippen LogP contribution in [0.3, 0.4) is 0 Å². The quantitative estimate of drug-likeness (QED) is 0.179. The maximum atomic E-state index is 11.6. The Bertz CT molecular complexity index is 1300. The van der Waals surface area contributed by atoms with Gasteiger partial charge in [0.2, 0.25) is 12.3 Å². The number of methoxy groups -OCH3 is 1. The fourth-order valence-electron chi connectivity index (χ4n) is 3.71. The molecule has 0 atom stereocenters. The Morgan fingerprint density at radius 1 is 1.06 bits per heavy atom. The van der Waals surface area contributed by atoms with E-state index in [2.05, 4.69) is 22.5 Å². The number of anilines is 1. The topological polar surface area (TPSA) is 93.9 Å². The molecule has 4 rings (SSSR count). The number of benzene rings is 3. The standard InChI is InChI=1S/C27H27N3O5/c1-3-34-26(32)10-7-15-30(18-31)29-23-17-21(12-13-24(23)33-2)27-28-22-16-20(11-14-25(22)35-27)19-8-5-4-6-9-19/h4-6,8-9,11-14,16-18,29H,3,7,10,15H2,1-2H3. The largest absolute Gasteiger partial charge is 0.495 e. The number of aromatic nitrogens is 1. The van der Waals surface area contributed by atoms with Crippen molar-refractivity contribution in [2.24, 2.45) is 0 Å². The van der Waals surface area contributed by atoms with E-state index in [0.717, 1.165) is 22.2 Å². The maximum absolute atomic E-state index is 11.6. The Balaban J connectivity index is 1.54. The van der Waals surface area contributed by atoms with Crippen molar-refractivity contribution >= 4 is 29.2 Å². The van der Waals surface area contributed by atoms with E-state index in [9.17, 15) is 9.59 Å². The van der Waals surface area contributed by atoms with Crippen molar-refractivity contribution in [2.45, 2.75) is 19.8 Å². The number of carbonyl (C=O) groups is 2. The molecule has 1 amide bonds. The first kappa shape index (κ1) is 23.8. The monoisotopic (exact) mass is 473 g/mol. The molecule has 0 radical (unpaired) electrons. The van der Waals surface area contributed by atoms with Crippen molar-refractivity contribution < 1.29 is 23.5 Å². The average molecular weight is 474 g/mol. The Hall–Kier alpha value is -4.33. The third kappa shape index (κ3) is 5.78. The van der Waals surface area contributed by atoms with Crippen molar-refractivity contribution in [2.75, 3.05) is 25.7 Å². The molecule has 3 aromatic carbocycles. The van der Waals surface area contributed by atoms with E-state index in [1.165, 1.54) is 5.01 Å².